The van der Waals surface area contributed by atoms with E-state index in [0.29, 0.717) is 30.7 Å². The van der Waals surface area contributed by atoms with Crippen molar-refractivity contribution in [1.29, 1.82) is 0 Å². The second-order valence-electron chi connectivity index (χ2n) is 4.65. The highest BCUT2D eigenvalue weighted by Gasteiger charge is 2.08. The van der Waals surface area contributed by atoms with Gasteiger partial charge in [0.2, 0.25) is 0 Å². The van der Waals surface area contributed by atoms with Crippen LogP contribution in [-0.4, -0.2) is 16.6 Å². The first-order chi connectivity index (χ1) is 10.1. The molecule has 2 rings (SSSR count). The van der Waals surface area contributed by atoms with Gasteiger partial charge in [0, 0.05) is 23.7 Å². The average Bonchev–Trinajstić information content (AvgIpc) is 2.45. The number of aromatic nitrogens is 2. The van der Waals surface area contributed by atoms with Crippen LogP contribution in [0.5, 0.6) is 0 Å². The van der Waals surface area contributed by atoms with Crippen molar-refractivity contribution in [3.8, 4) is 0 Å². The quantitative estimate of drug-likeness (QED) is 0.855. The standard InChI is InChI=1S/C15H19ClN4O/c1-3-21-9-15-19-13(17)8-14(20-15)18-10(2)11-4-6-12(16)7-5-11/h4-8,10H,3,9H2,1-2H3,(H3,17,18,19,20). The third-order valence-corrected chi connectivity index (χ3v) is 3.21. The largest absolute Gasteiger partial charge is 0.384 e. The zero-order chi connectivity index (χ0) is 15.2. The SMILES string of the molecule is CCOCc1nc(N)cc(NC(C)c2ccc(Cl)cc2)n1. The summed E-state index contributed by atoms with van der Waals surface area (Å²) in [7, 11) is 0. The van der Waals surface area contributed by atoms with E-state index >= 15 is 0 Å². The van der Waals surface area contributed by atoms with Gasteiger partial charge in [-0.1, -0.05) is 23.7 Å². The van der Waals surface area contributed by atoms with E-state index in [2.05, 4.69) is 15.3 Å². The first-order valence-electron chi connectivity index (χ1n) is 6.81. The van der Waals surface area contributed by atoms with E-state index in [1.807, 2.05) is 38.1 Å². The Labute approximate surface area is 129 Å². The zero-order valence-electron chi connectivity index (χ0n) is 12.1. The van der Waals surface area contributed by atoms with Gasteiger partial charge in [0.1, 0.15) is 18.2 Å². The number of anilines is 2. The Morgan fingerprint density at radius 3 is 2.67 bits per heavy atom. The minimum absolute atomic E-state index is 0.0801. The van der Waals surface area contributed by atoms with Crippen molar-refractivity contribution < 1.29 is 4.74 Å². The fourth-order valence-corrected chi connectivity index (χ4v) is 2.03. The number of benzene rings is 1. The molecule has 1 unspecified atom stereocenters. The summed E-state index contributed by atoms with van der Waals surface area (Å²) in [5.74, 6) is 1.67. The molecule has 1 heterocycles. The Morgan fingerprint density at radius 1 is 1.29 bits per heavy atom. The maximum absolute atomic E-state index is 5.90. The molecule has 0 saturated carbocycles. The fourth-order valence-electron chi connectivity index (χ4n) is 1.91. The molecule has 21 heavy (non-hydrogen) atoms. The van der Waals surface area contributed by atoms with Crippen molar-refractivity contribution in [2.24, 2.45) is 0 Å². The summed E-state index contributed by atoms with van der Waals surface area (Å²) in [4.78, 5) is 8.55. The highest BCUT2D eigenvalue weighted by atomic mass is 35.5. The summed E-state index contributed by atoms with van der Waals surface area (Å²) in [6, 6.07) is 9.48. The predicted molar refractivity (Wildman–Crippen MR) is 85.3 cm³/mol. The van der Waals surface area contributed by atoms with Crippen LogP contribution in [0.3, 0.4) is 0 Å². The van der Waals surface area contributed by atoms with Crippen LogP contribution in [0.4, 0.5) is 11.6 Å². The summed E-state index contributed by atoms with van der Waals surface area (Å²) in [5, 5.41) is 4.02. The van der Waals surface area contributed by atoms with Crippen LogP contribution >= 0.6 is 11.6 Å². The Hall–Kier alpha value is -1.85. The summed E-state index contributed by atoms with van der Waals surface area (Å²) in [5.41, 5.74) is 6.92. The number of hydrogen-bond donors (Lipinski definition) is 2. The number of hydrogen-bond acceptors (Lipinski definition) is 5. The van der Waals surface area contributed by atoms with Crippen LogP contribution in [0.25, 0.3) is 0 Å². The minimum Gasteiger partial charge on any atom is -0.384 e. The maximum Gasteiger partial charge on any atom is 0.158 e. The fraction of sp³-hybridized carbons (Fsp3) is 0.333. The van der Waals surface area contributed by atoms with Crippen LogP contribution in [-0.2, 0) is 11.3 Å². The van der Waals surface area contributed by atoms with Gasteiger partial charge in [-0.25, -0.2) is 9.97 Å². The Kier molecular flexibility index (Phi) is 5.36. The van der Waals surface area contributed by atoms with Crippen molar-refractivity contribution >= 4 is 23.2 Å². The molecule has 0 radical (unpaired) electrons. The first-order valence-corrected chi connectivity index (χ1v) is 7.19. The molecular weight excluding hydrogens is 288 g/mol. The highest BCUT2D eigenvalue weighted by Crippen LogP contribution is 2.20. The first kappa shape index (κ1) is 15.5. The normalized spacial score (nSPS) is 12.1. The molecule has 0 bridgehead atoms. The summed E-state index contributed by atoms with van der Waals surface area (Å²) in [6.45, 7) is 4.94. The molecule has 1 aromatic carbocycles. The van der Waals surface area contributed by atoms with E-state index in [1.165, 1.54) is 0 Å². The predicted octanol–water partition coefficient (Wildman–Crippen LogP) is 3.42. The molecule has 1 aromatic heterocycles. The van der Waals surface area contributed by atoms with Crippen molar-refractivity contribution in [2.75, 3.05) is 17.7 Å². The minimum atomic E-state index is 0.0801. The molecule has 112 valence electrons. The third-order valence-electron chi connectivity index (χ3n) is 2.96. The molecule has 0 saturated heterocycles. The van der Waals surface area contributed by atoms with Crippen LogP contribution in [0.2, 0.25) is 5.02 Å². The van der Waals surface area contributed by atoms with Crippen molar-refractivity contribution in [2.45, 2.75) is 26.5 Å². The van der Waals surface area contributed by atoms with Crippen molar-refractivity contribution in [1.82, 2.24) is 9.97 Å². The van der Waals surface area contributed by atoms with E-state index in [9.17, 15) is 0 Å². The zero-order valence-corrected chi connectivity index (χ0v) is 12.9. The number of ether oxygens (including phenoxy) is 1. The van der Waals surface area contributed by atoms with Crippen LogP contribution < -0.4 is 11.1 Å². The lowest BCUT2D eigenvalue weighted by Crippen LogP contribution is -2.11. The number of nitrogens with two attached hydrogens (primary N) is 1. The number of rotatable bonds is 6. The molecule has 0 amide bonds. The molecule has 5 nitrogen and oxygen atoms in total. The monoisotopic (exact) mass is 306 g/mol. The number of nitrogen functional groups attached to an aromatic ring is 1. The third kappa shape index (κ3) is 4.58. The van der Waals surface area contributed by atoms with Gasteiger partial charge in [0.05, 0.1) is 0 Å². The lowest BCUT2D eigenvalue weighted by molar-refractivity contribution is 0.128. The van der Waals surface area contributed by atoms with Crippen molar-refractivity contribution in [3.05, 3.63) is 46.7 Å². The molecule has 0 aliphatic rings. The molecule has 0 aliphatic carbocycles. The summed E-state index contributed by atoms with van der Waals surface area (Å²) in [6.07, 6.45) is 0. The van der Waals surface area contributed by atoms with Gasteiger partial charge in [-0.05, 0) is 31.5 Å². The lowest BCUT2D eigenvalue weighted by atomic mass is 10.1. The molecule has 2 aromatic rings. The molecule has 0 spiro atoms. The van der Waals surface area contributed by atoms with E-state index in [4.69, 9.17) is 22.1 Å². The van der Waals surface area contributed by atoms with E-state index in [-0.39, 0.29) is 6.04 Å². The van der Waals surface area contributed by atoms with E-state index < -0.39 is 0 Å². The average molecular weight is 307 g/mol. The smallest absolute Gasteiger partial charge is 0.158 e. The van der Waals surface area contributed by atoms with Crippen molar-refractivity contribution in [3.63, 3.8) is 0 Å². The highest BCUT2D eigenvalue weighted by molar-refractivity contribution is 6.30. The van der Waals surface area contributed by atoms with Gasteiger partial charge in [0.15, 0.2) is 5.82 Å². The van der Waals surface area contributed by atoms with Gasteiger partial charge in [0.25, 0.3) is 0 Å². The molecule has 0 aliphatic heterocycles. The van der Waals surface area contributed by atoms with Gasteiger partial charge in [-0.2, -0.15) is 0 Å². The van der Waals surface area contributed by atoms with E-state index in [1.54, 1.807) is 6.07 Å². The van der Waals surface area contributed by atoms with Gasteiger partial charge < -0.3 is 15.8 Å². The second-order valence-corrected chi connectivity index (χ2v) is 5.09. The molecule has 6 heteroatoms. The van der Waals surface area contributed by atoms with E-state index in [0.717, 1.165) is 10.6 Å². The molecule has 3 N–H and O–H groups in total. The summed E-state index contributed by atoms with van der Waals surface area (Å²) >= 11 is 5.90. The Morgan fingerprint density at radius 2 is 2.00 bits per heavy atom. The molecule has 1 atom stereocenters. The summed E-state index contributed by atoms with van der Waals surface area (Å²) < 4.78 is 5.31. The van der Waals surface area contributed by atoms with Crippen LogP contribution in [0, 0.1) is 0 Å². The Balaban J connectivity index is 2.10. The number of nitrogens with one attached hydrogen (secondary N) is 1. The van der Waals surface area contributed by atoms with Gasteiger partial charge in [-0.15, -0.1) is 0 Å². The topological polar surface area (TPSA) is 73.1 Å². The van der Waals surface area contributed by atoms with Gasteiger partial charge in [-0.3, -0.25) is 0 Å². The number of halogens is 1. The molecule has 0 fully saturated rings. The van der Waals surface area contributed by atoms with Gasteiger partial charge >= 0.3 is 0 Å². The Bertz CT molecular complexity index is 589. The maximum atomic E-state index is 5.90. The molecular formula is C15H19ClN4O. The lowest BCUT2D eigenvalue weighted by Gasteiger charge is -2.16. The van der Waals surface area contributed by atoms with Crippen LogP contribution in [0.15, 0.2) is 30.3 Å². The second kappa shape index (κ2) is 7.24. The van der Waals surface area contributed by atoms with Crippen LogP contribution in [0.1, 0.15) is 31.3 Å². The number of nitrogens with zero attached hydrogens (tertiary/aromatic N) is 2.